The first-order valence-electron chi connectivity index (χ1n) is 5.13. The van der Waals surface area contributed by atoms with E-state index in [-0.39, 0.29) is 23.0 Å². The zero-order valence-corrected chi connectivity index (χ0v) is 11.9. The van der Waals surface area contributed by atoms with Gasteiger partial charge < -0.3 is 4.90 Å². The molecule has 0 bridgehead atoms. The molecule has 1 rings (SSSR count). The van der Waals surface area contributed by atoms with E-state index in [2.05, 4.69) is 9.97 Å². The van der Waals surface area contributed by atoms with Crippen LogP contribution in [0.3, 0.4) is 0 Å². The molecule has 0 amide bonds. The number of aryl methyl sites for hydroxylation is 1. The summed E-state index contributed by atoms with van der Waals surface area (Å²) in [6.07, 6.45) is 1.72. The number of sulfone groups is 1. The van der Waals surface area contributed by atoms with Gasteiger partial charge in [-0.25, -0.2) is 18.4 Å². The summed E-state index contributed by atoms with van der Waals surface area (Å²) in [5.41, 5.74) is 0.165. The van der Waals surface area contributed by atoms with Crippen LogP contribution in [0, 0.1) is 6.92 Å². The molecule has 0 atom stereocenters. The maximum atomic E-state index is 11.1. The van der Waals surface area contributed by atoms with E-state index in [0.29, 0.717) is 17.9 Å². The normalized spacial score (nSPS) is 11.3. The molecule has 1 aromatic rings. The highest BCUT2D eigenvalue weighted by Gasteiger charge is 2.15. The topological polar surface area (TPSA) is 80.2 Å². The summed E-state index contributed by atoms with van der Waals surface area (Å²) in [5.74, 6) is 0.737. The summed E-state index contributed by atoms with van der Waals surface area (Å²) >= 11 is 5.84. The minimum Gasteiger partial charge on any atom is -0.358 e. The number of anilines is 1. The number of aromatic nitrogens is 2. The largest absolute Gasteiger partial charge is 0.358 e. The lowest BCUT2D eigenvalue weighted by Crippen LogP contribution is -2.27. The van der Waals surface area contributed by atoms with Crippen molar-refractivity contribution in [1.82, 2.24) is 9.97 Å². The molecule has 0 aliphatic carbocycles. The van der Waals surface area contributed by atoms with E-state index in [1.807, 2.05) is 0 Å². The molecule has 18 heavy (non-hydrogen) atoms. The summed E-state index contributed by atoms with van der Waals surface area (Å²) in [6.45, 7) is 1.88. The predicted molar refractivity (Wildman–Crippen MR) is 70.1 cm³/mol. The molecule has 0 saturated heterocycles. The Morgan fingerprint density at radius 1 is 1.39 bits per heavy atom. The Balaban J connectivity index is 3.04. The van der Waals surface area contributed by atoms with Crippen LogP contribution in [0.4, 0.5) is 5.82 Å². The number of nitrogens with zero attached hydrogens (tertiary/aromatic N) is 3. The van der Waals surface area contributed by atoms with Gasteiger partial charge in [-0.2, -0.15) is 0 Å². The number of carbonyl (C=O) groups excluding carboxylic acids is 1. The Morgan fingerprint density at radius 3 is 2.50 bits per heavy atom. The molecular formula is C10H14ClN3O3S. The van der Waals surface area contributed by atoms with E-state index < -0.39 is 9.84 Å². The molecule has 0 aliphatic heterocycles. The van der Waals surface area contributed by atoms with Crippen LogP contribution in [0.5, 0.6) is 0 Å². The highest BCUT2D eigenvalue weighted by molar-refractivity contribution is 7.90. The fourth-order valence-electron chi connectivity index (χ4n) is 1.33. The van der Waals surface area contributed by atoms with Gasteiger partial charge in [0.15, 0.2) is 6.29 Å². The van der Waals surface area contributed by atoms with Crippen molar-refractivity contribution in [2.24, 2.45) is 0 Å². The molecule has 100 valence electrons. The summed E-state index contributed by atoms with van der Waals surface area (Å²) in [5, 5.41) is 0.0682. The van der Waals surface area contributed by atoms with Crippen molar-refractivity contribution in [3.63, 3.8) is 0 Å². The number of hydrogen-bond acceptors (Lipinski definition) is 6. The Morgan fingerprint density at radius 2 is 2.00 bits per heavy atom. The number of halogens is 1. The molecule has 0 unspecified atom stereocenters. The van der Waals surface area contributed by atoms with Crippen LogP contribution >= 0.6 is 11.6 Å². The average molecular weight is 292 g/mol. The third-order valence-electron chi connectivity index (χ3n) is 2.27. The minimum atomic E-state index is -3.07. The molecule has 0 aromatic carbocycles. The first kappa shape index (κ1) is 14.8. The first-order chi connectivity index (χ1) is 8.24. The van der Waals surface area contributed by atoms with E-state index in [0.717, 1.165) is 6.26 Å². The summed E-state index contributed by atoms with van der Waals surface area (Å²) < 4.78 is 22.2. The molecule has 0 N–H and O–H groups in total. The Bertz CT molecular complexity index is 560. The van der Waals surface area contributed by atoms with Crippen molar-refractivity contribution in [3.8, 4) is 0 Å². The van der Waals surface area contributed by atoms with Gasteiger partial charge in [-0.15, -0.1) is 0 Å². The van der Waals surface area contributed by atoms with Crippen LogP contribution in [-0.4, -0.2) is 50.3 Å². The van der Waals surface area contributed by atoms with Gasteiger partial charge in [0.1, 0.15) is 26.6 Å². The van der Waals surface area contributed by atoms with Crippen molar-refractivity contribution in [1.29, 1.82) is 0 Å². The van der Waals surface area contributed by atoms with Gasteiger partial charge in [-0.05, 0) is 6.92 Å². The maximum absolute atomic E-state index is 11.1. The Kier molecular flexibility index (Phi) is 4.64. The van der Waals surface area contributed by atoms with Crippen LogP contribution in [0.1, 0.15) is 16.2 Å². The van der Waals surface area contributed by atoms with Gasteiger partial charge >= 0.3 is 0 Å². The van der Waals surface area contributed by atoms with E-state index in [9.17, 15) is 13.2 Å². The first-order valence-corrected chi connectivity index (χ1v) is 7.56. The second kappa shape index (κ2) is 5.62. The van der Waals surface area contributed by atoms with Gasteiger partial charge in [0.25, 0.3) is 0 Å². The van der Waals surface area contributed by atoms with Gasteiger partial charge in [0, 0.05) is 19.8 Å². The molecule has 0 spiro atoms. The van der Waals surface area contributed by atoms with Crippen LogP contribution < -0.4 is 4.90 Å². The number of rotatable bonds is 5. The SMILES string of the molecule is Cc1nc(Cl)c(C=O)c(N(C)CCS(C)(=O)=O)n1. The Labute approximate surface area is 111 Å². The number of carbonyl (C=O) groups is 1. The second-order valence-electron chi connectivity index (χ2n) is 3.97. The molecule has 1 aromatic heterocycles. The summed E-state index contributed by atoms with van der Waals surface area (Å²) in [7, 11) is -1.42. The van der Waals surface area contributed by atoms with E-state index in [1.165, 1.54) is 0 Å². The molecule has 0 saturated carbocycles. The zero-order chi connectivity index (χ0) is 13.9. The van der Waals surface area contributed by atoms with Crippen LogP contribution in [-0.2, 0) is 9.84 Å². The quantitative estimate of drug-likeness (QED) is 0.588. The lowest BCUT2D eigenvalue weighted by molar-refractivity contribution is 0.112. The zero-order valence-electron chi connectivity index (χ0n) is 10.3. The average Bonchev–Trinajstić information content (AvgIpc) is 2.24. The summed E-state index contributed by atoms with van der Waals surface area (Å²) in [4.78, 5) is 20.5. The molecular weight excluding hydrogens is 278 g/mol. The number of hydrogen-bond donors (Lipinski definition) is 0. The smallest absolute Gasteiger partial charge is 0.156 e. The lowest BCUT2D eigenvalue weighted by Gasteiger charge is -2.19. The molecule has 6 nitrogen and oxygen atoms in total. The highest BCUT2D eigenvalue weighted by atomic mass is 35.5. The van der Waals surface area contributed by atoms with Crippen molar-refractivity contribution < 1.29 is 13.2 Å². The minimum absolute atomic E-state index is 0.0253. The van der Waals surface area contributed by atoms with Crippen molar-refractivity contribution in [3.05, 3.63) is 16.5 Å². The molecule has 0 radical (unpaired) electrons. The van der Waals surface area contributed by atoms with E-state index in [1.54, 1.807) is 18.9 Å². The number of aldehydes is 1. The third kappa shape index (κ3) is 3.92. The maximum Gasteiger partial charge on any atom is 0.156 e. The fraction of sp³-hybridized carbons (Fsp3) is 0.500. The van der Waals surface area contributed by atoms with Crippen molar-refractivity contribution in [2.45, 2.75) is 6.92 Å². The fourth-order valence-corrected chi connectivity index (χ4v) is 2.19. The standard InChI is InChI=1S/C10H14ClN3O3S/c1-7-12-9(11)8(6-15)10(13-7)14(2)4-5-18(3,16)17/h6H,4-5H2,1-3H3. The lowest BCUT2D eigenvalue weighted by atomic mass is 10.3. The van der Waals surface area contributed by atoms with Crippen LogP contribution in [0.25, 0.3) is 0 Å². The predicted octanol–water partition coefficient (Wildman–Crippen LogP) is 0.732. The highest BCUT2D eigenvalue weighted by Crippen LogP contribution is 2.21. The van der Waals surface area contributed by atoms with E-state index in [4.69, 9.17) is 11.6 Å². The molecule has 0 fully saturated rings. The van der Waals surface area contributed by atoms with Crippen molar-refractivity contribution in [2.75, 3.05) is 30.5 Å². The monoisotopic (exact) mass is 291 g/mol. The molecule has 8 heteroatoms. The van der Waals surface area contributed by atoms with Crippen LogP contribution in [0.15, 0.2) is 0 Å². The molecule has 1 heterocycles. The van der Waals surface area contributed by atoms with Gasteiger partial charge in [0.05, 0.1) is 11.3 Å². The molecule has 0 aliphatic rings. The Hall–Kier alpha value is -1.21. The van der Waals surface area contributed by atoms with Gasteiger partial charge in [0.2, 0.25) is 0 Å². The van der Waals surface area contributed by atoms with E-state index >= 15 is 0 Å². The summed E-state index contributed by atoms with van der Waals surface area (Å²) in [6, 6.07) is 0. The third-order valence-corrected chi connectivity index (χ3v) is 3.48. The van der Waals surface area contributed by atoms with Gasteiger partial charge in [-0.1, -0.05) is 11.6 Å². The van der Waals surface area contributed by atoms with Crippen molar-refractivity contribution >= 4 is 33.5 Å². The second-order valence-corrected chi connectivity index (χ2v) is 6.59. The van der Waals surface area contributed by atoms with Crippen LogP contribution in [0.2, 0.25) is 5.15 Å². The van der Waals surface area contributed by atoms with Gasteiger partial charge in [-0.3, -0.25) is 4.79 Å².